The number of urea groups is 1. The van der Waals surface area contributed by atoms with Crippen LogP contribution in [0.5, 0.6) is 0 Å². The molecule has 2 aliphatic rings. The lowest BCUT2D eigenvalue weighted by atomic mass is 9.90. The largest absolute Gasteiger partial charge is 0.338 e. The SMILES string of the molecule is O=C1CCN(c2ccccc2C(=O)N2CCC[C@@H](c3ccccc3)C2)C(=O)N1. The molecule has 4 rings (SSSR count). The van der Waals surface area contributed by atoms with Crippen LogP contribution in [0.2, 0.25) is 0 Å². The first-order valence-corrected chi connectivity index (χ1v) is 9.68. The first kappa shape index (κ1) is 18.2. The summed E-state index contributed by atoms with van der Waals surface area (Å²) in [7, 11) is 0. The van der Waals surface area contributed by atoms with Gasteiger partial charge in [-0.15, -0.1) is 0 Å². The number of amides is 4. The molecule has 0 unspecified atom stereocenters. The van der Waals surface area contributed by atoms with Crippen LogP contribution in [-0.4, -0.2) is 42.4 Å². The second-order valence-electron chi connectivity index (χ2n) is 7.27. The number of carbonyl (C=O) groups is 3. The molecule has 2 aromatic rings. The number of hydrogen-bond acceptors (Lipinski definition) is 3. The third-order valence-corrected chi connectivity index (χ3v) is 5.46. The van der Waals surface area contributed by atoms with Crippen molar-refractivity contribution >= 4 is 23.5 Å². The van der Waals surface area contributed by atoms with Gasteiger partial charge in [0.1, 0.15) is 0 Å². The number of likely N-dealkylation sites (tertiary alicyclic amines) is 1. The molecule has 6 heteroatoms. The summed E-state index contributed by atoms with van der Waals surface area (Å²) in [4.78, 5) is 40.4. The Morgan fingerprint density at radius 3 is 2.50 bits per heavy atom. The highest BCUT2D eigenvalue weighted by molar-refractivity contribution is 6.09. The molecule has 6 nitrogen and oxygen atoms in total. The number of nitrogens with one attached hydrogen (secondary N) is 1. The van der Waals surface area contributed by atoms with Gasteiger partial charge < -0.3 is 4.90 Å². The number of piperidine rings is 1. The van der Waals surface area contributed by atoms with Gasteiger partial charge in [-0.2, -0.15) is 0 Å². The molecule has 2 aromatic carbocycles. The van der Waals surface area contributed by atoms with Crippen molar-refractivity contribution in [1.29, 1.82) is 0 Å². The van der Waals surface area contributed by atoms with E-state index in [9.17, 15) is 14.4 Å². The van der Waals surface area contributed by atoms with Crippen LogP contribution in [0.25, 0.3) is 0 Å². The molecule has 144 valence electrons. The van der Waals surface area contributed by atoms with E-state index in [2.05, 4.69) is 17.4 Å². The lowest BCUT2D eigenvalue weighted by Crippen LogP contribution is -2.50. The summed E-state index contributed by atoms with van der Waals surface area (Å²) >= 11 is 0. The van der Waals surface area contributed by atoms with Gasteiger partial charge in [-0.05, 0) is 30.5 Å². The van der Waals surface area contributed by atoms with Crippen molar-refractivity contribution in [2.75, 3.05) is 24.5 Å². The van der Waals surface area contributed by atoms with E-state index >= 15 is 0 Å². The van der Waals surface area contributed by atoms with Crippen LogP contribution in [0.15, 0.2) is 54.6 Å². The number of para-hydroxylation sites is 1. The molecule has 0 aliphatic carbocycles. The van der Waals surface area contributed by atoms with E-state index < -0.39 is 6.03 Å². The Kier molecular flexibility index (Phi) is 5.10. The standard InChI is InChI=1S/C22H23N3O3/c26-20-12-14-25(22(28)23-20)19-11-5-4-10-18(19)21(27)24-13-6-9-17(15-24)16-7-2-1-3-8-16/h1-5,7-8,10-11,17H,6,9,12-15H2,(H,23,26,28)/t17-/m1/s1. The van der Waals surface area contributed by atoms with Crippen LogP contribution >= 0.6 is 0 Å². The van der Waals surface area contributed by atoms with Gasteiger partial charge in [0, 0.05) is 32.0 Å². The topological polar surface area (TPSA) is 69.7 Å². The number of imide groups is 1. The maximum Gasteiger partial charge on any atom is 0.328 e. The molecule has 0 radical (unpaired) electrons. The number of hydrogen-bond donors (Lipinski definition) is 1. The molecule has 0 aromatic heterocycles. The monoisotopic (exact) mass is 377 g/mol. The maximum absolute atomic E-state index is 13.3. The molecular formula is C22H23N3O3. The van der Waals surface area contributed by atoms with E-state index in [1.165, 1.54) is 10.5 Å². The van der Waals surface area contributed by atoms with Gasteiger partial charge in [-0.25, -0.2) is 4.79 Å². The summed E-state index contributed by atoms with van der Waals surface area (Å²) in [5.74, 6) is -0.0327. The number of carbonyl (C=O) groups excluding carboxylic acids is 3. The Balaban J connectivity index is 1.57. The normalized spacial score (nSPS) is 20.1. The molecule has 2 saturated heterocycles. The van der Waals surface area contributed by atoms with Crippen LogP contribution in [0.1, 0.15) is 41.1 Å². The molecule has 1 atom stereocenters. The molecule has 0 bridgehead atoms. The van der Waals surface area contributed by atoms with Crippen molar-refractivity contribution in [3.63, 3.8) is 0 Å². The molecular weight excluding hydrogens is 354 g/mol. The van der Waals surface area contributed by atoms with Crippen molar-refractivity contribution < 1.29 is 14.4 Å². The maximum atomic E-state index is 13.3. The number of benzene rings is 2. The van der Waals surface area contributed by atoms with E-state index in [0.29, 0.717) is 30.3 Å². The minimum atomic E-state index is -0.475. The van der Waals surface area contributed by atoms with Gasteiger partial charge in [0.05, 0.1) is 11.3 Å². The van der Waals surface area contributed by atoms with Crippen LogP contribution in [0, 0.1) is 0 Å². The van der Waals surface area contributed by atoms with Gasteiger partial charge in [-0.3, -0.25) is 19.8 Å². The predicted molar refractivity (Wildman–Crippen MR) is 106 cm³/mol. The highest BCUT2D eigenvalue weighted by Gasteiger charge is 2.30. The molecule has 1 N–H and O–H groups in total. The third-order valence-electron chi connectivity index (χ3n) is 5.46. The minimum Gasteiger partial charge on any atom is -0.338 e. The average molecular weight is 377 g/mol. The molecule has 4 amide bonds. The van der Waals surface area contributed by atoms with Crippen molar-refractivity contribution in [1.82, 2.24) is 10.2 Å². The van der Waals surface area contributed by atoms with Gasteiger partial charge in [-0.1, -0.05) is 42.5 Å². The highest BCUT2D eigenvalue weighted by Crippen LogP contribution is 2.30. The van der Waals surface area contributed by atoms with Gasteiger partial charge in [0.25, 0.3) is 5.91 Å². The summed E-state index contributed by atoms with van der Waals surface area (Å²) < 4.78 is 0. The third kappa shape index (κ3) is 3.63. The average Bonchev–Trinajstić information content (AvgIpc) is 2.74. The van der Waals surface area contributed by atoms with Crippen LogP contribution < -0.4 is 10.2 Å². The molecule has 2 fully saturated rings. The summed E-state index contributed by atoms with van der Waals surface area (Å²) in [6.07, 6.45) is 2.24. The molecule has 2 aliphatic heterocycles. The highest BCUT2D eigenvalue weighted by atomic mass is 16.2. The zero-order valence-corrected chi connectivity index (χ0v) is 15.6. The minimum absolute atomic E-state index is 0.0686. The number of nitrogens with zero attached hydrogens (tertiary/aromatic N) is 2. The summed E-state index contributed by atoms with van der Waals surface area (Å²) in [5.41, 5.74) is 2.31. The van der Waals surface area contributed by atoms with Gasteiger partial charge in [0.15, 0.2) is 0 Å². The summed E-state index contributed by atoms with van der Waals surface area (Å²) in [6.45, 7) is 1.66. The fraction of sp³-hybridized carbons (Fsp3) is 0.318. The fourth-order valence-corrected chi connectivity index (χ4v) is 4.01. The lowest BCUT2D eigenvalue weighted by Gasteiger charge is -2.34. The Hall–Kier alpha value is -3.15. The van der Waals surface area contributed by atoms with Crippen LogP contribution in [0.4, 0.5) is 10.5 Å². The molecule has 0 saturated carbocycles. The van der Waals surface area contributed by atoms with E-state index in [1.54, 1.807) is 18.2 Å². The lowest BCUT2D eigenvalue weighted by molar-refractivity contribution is -0.120. The zero-order chi connectivity index (χ0) is 19.5. The van der Waals surface area contributed by atoms with Gasteiger partial charge in [0.2, 0.25) is 5.91 Å². The second kappa shape index (κ2) is 7.84. The Morgan fingerprint density at radius 2 is 1.71 bits per heavy atom. The Labute approximate surface area is 164 Å². The van der Waals surface area contributed by atoms with E-state index in [-0.39, 0.29) is 24.8 Å². The van der Waals surface area contributed by atoms with Crippen molar-refractivity contribution in [3.05, 3.63) is 65.7 Å². The molecule has 28 heavy (non-hydrogen) atoms. The second-order valence-corrected chi connectivity index (χ2v) is 7.27. The quantitative estimate of drug-likeness (QED) is 0.893. The van der Waals surface area contributed by atoms with Crippen LogP contribution in [0.3, 0.4) is 0 Å². The number of anilines is 1. The van der Waals surface area contributed by atoms with E-state index in [0.717, 1.165) is 12.8 Å². The zero-order valence-electron chi connectivity index (χ0n) is 15.6. The van der Waals surface area contributed by atoms with Gasteiger partial charge >= 0.3 is 6.03 Å². The smallest absolute Gasteiger partial charge is 0.328 e. The molecule has 2 heterocycles. The van der Waals surface area contributed by atoms with E-state index in [4.69, 9.17) is 0 Å². The summed E-state index contributed by atoms with van der Waals surface area (Å²) in [5, 5.41) is 2.33. The van der Waals surface area contributed by atoms with Crippen molar-refractivity contribution in [2.45, 2.75) is 25.2 Å². The Morgan fingerprint density at radius 1 is 0.964 bits per heavy atom. The van der Waals surface area contributed by atoms with Crippen LogP contribution in [-0.2, 0) is 4.79 Å². The van der Waals surface area contributed by atoms with Crippen molar-refractivity contribution in [2.24, 2.45) is 0 Å². The Bertz CT molecular complexity index is 897. The first-order valence-electron chi connectivity index (χ1n) is 9.68. The predicted octanol–water partition coefficient (Wildman–Crippen LogP) is 3.15. The van der Waals surface area contributed by atoms with Crippen molar-refractivity contribution in [3.8, 4) is 0 Å². The number of rotatable bonds is 3. The first-order chi connectivity index (χ1) is 13.6. The molecule has 0 spiro atoms. The summed E-state index contributed by atoms with van der Waals surface area (Å²) in [6, 6.07) is 16.9. The fourth-order valence-electron chi connectivity index (χ4n) is 4.01. The van der Waals surface area contributed by atoms with E-state index in [1.807, 2.05) is 29.2 Å².